The second kappa shape index (κ2) is 4.71. The third kappa shape index (κ3) is 1.88. The van der Waals surface area contributed by atoms with Crippen LogP contribution in [0.1, 0.15) is 20.3 Å². The second-order valence-electron chi connectivity index (χ2n) is 3.86. The monoisotopic (exact) mass is 197 g/mol. The van der Waals surface area contributed by atoms with Crippen LogP contribution in [0.15, 0.2) is 12.7 Å². The van der Waals surface area contributed by atoms with Crippen molar-refractivity contribution >= 4 is 5.78 Å². The lowest BCUT2D eigenvalue weighted by atomic mass is 9.99. The molecule has 0 aromatic heterocycles. The molecule has 80 valence electrons. The van der Waals surface area contributed by atoms with Gasteiger partial charge in [0.05, 0.1) is 6.04 Å². The van der Waals surface area contributed by atoms with Crippen LogP contribution in [-0.4, -0.2) is 41.0 Å². The van der Waals surface area contributed by atoms with Crippen LogP contribution in [0.2, 0.25) is 0 Å². The predicted molar refractivity (Wildman–Crippen MR) is 56.0 cm³/mol. The van der Waals surface area contributed by atoms with Crippen molar-refractivity contribution in [1.29, 1.82) is 0 Å². The number of Topliss-reactive ketones (excluding diaryl/α,β-unsaturated/α-hetero) is 1. The number of rotatable bonds is 4. The Morgan fingerprint density at radius 1 is 1.71 bits per heavy atom. The van der Waals surface area contributed by atoms with Crippen molar-refractivity contribution in [1.82, 2.24) is 4.90 Å². The fraction of sp³-hybridized carbons (Fsp3) is 0.727. The van der Waals surface area contributed by atoms with Gasteiger partial charge in [-0.3, -0.25) is 9.69 Å². The van der Waals surface area contributed by atoms with Gasteiger partial charge in [-0.15, -0.1) is 6.58 Å². The first-order valence-electron chi connectivity index (χ1n) is 5.15. The highest BCUT2D eigenvalue weighted by Crippen LogP contribution is 2.30. The number of ketones is 1. The maximum absolute atomic E-state index is 11.4. The average Bonchev–Trinajstić information content (AvgIpc) is 2.54. The highest BCUT2D eigenvalue weighted by Gasteiger charge is 2.40. The molecule has 0 radical (unpaired) electrons. The number of carbonyl (C=O) groups excluding carboxylic acids is 1. The van der Waals surface area contributed by atoms with E-state index in [4.69, 9.17) is 0 Å². The number of likely N-dealkylation sites (tertiary alicyclic amines) is 1. The molecule has 3 heteroatoms. The van der Waals surface area contributed by atoms with E-state index in [9.17, 15) is 9.90 Å². The van der Waals surface area contributed by atoms with E-state index in [0.29, 0.717) is 0 Å². The lowest BCUT2D eigenvalue weighted by Gasteiger charge is -2.26. The second-order valence-corrected chi connectivity index (χ2v) is 3.86. The van der Waals surface area contributed by atoms with Gasteiger partial charge < -0.3 is 5.11 Å². The summed E-state index contributed by atoms with van der Waals surface area (Å²) in [7, 11) is 0. The van der Waals surface area contributed by atoms with Gasteiger partial charge in [-0.25, -0.2) is 0 Å². The molecule has 1 fully saturated rings. The quantitative estimate of drug-likeness (QED) is 0.679. The van der Waals surface area contributed by atoms with Crippen molar-refractivity contribution in [3.05, 3.63) is 12.7 Å². The molecule has 0 saturated carbocycles. The lowest BCUT2D eigenvalue weighted by molar-refractivity contribution is -0.121. The molecule has 1 heterocycles. The van der Waals surface area contributed by atoms with Gasteiger partial charge in [0.1, 0.15) is 5.78 Å². The van der Waals surface area contributed by atoms with E-state index in [0.717, 1.165) is 13.0 Å². The minimum atomic E-state index is -0.0276. The Morgan fingerprint density at radius 2 is 2.36 bits per heavy atom. The molecule has 0 aliphatic carbocycles. The SMILES string of the molecule is C=C[C@H]1[C@H](CO)C[C@H](C(C)=O)N1CC. The summed E-state index contributed by atoms with van der Waals surface area (Å²) in [5.41, 5.74) is 0. The molecule has 0 bridgehead atoms. The van der Waals surface area contributed by atoms with Crippen molar-refractivity contribution in [3.63, 3.8) is 0 Å². The molecule has 14 heavy (non-hydrogen) atoms. The first kappa shape index (κ1) is 11.4. The van der Waals surface area contributed by atoms with Gasteiger partial charge in [0.15, 0.2) is 0 Å². The molecule has 0 unspecified atom stereocenters. The summed E-state index contributed by atoms with van der Waals surface area (Å²) in [4.78, 5) is 13.5. The van der Waals surface area contributed by atoms with Gasteiger partial charge in [0.2, 0.25) is 0 Å². The van der Waals surface area contributed by atoms with E-state index < -0.39 is 0 Å². The topological polar surface area (TPSA) is 40.5 Å². The van der Waals surface area contributed by atoms with Crippen molar-refractivity contribution in [2.24, 2.45) is 5.92 Å². The number of carbonyl (C=O) groups is 1. The molecule has 0 spiro atoms. The summed E-state index contributed by atoms with van der Waals surface area (Å²) in [6.45, 7) is 8.39. The van der Waals surface area contributed by atoms with Crippen molar-refractivity contribution in [3.8, 4) is 0 Å². The van der Waals surface area contributed by atoms with Crippen LogP contribution in [-0.2, 0) is 4.79 Å². The Bertz CT molecular complexity index is 225. The van der Waals surface area contributed by atoms with E-state index in [2.05, 4.69) is 11.5 Å². The number of hydrogen-bond donors (Lipinski definition) is 1. The summed E-state index contributed by atoms with van der Waals surface area (Å²) in [5, 5.41) is 9.19. The Labute approximate surface area is 85.4 Å². The third-order valence-electron chi connectivity index (χ3n) is 3.10. The summed E-state index contributed by atoms with van der Waals surface area (Å²) >= 11 is 0. The molecular weight excluding hydrogens is 178 g/mol. The van der Waals surface area contributed by atoms with Gasteiger partial charge in [-0.2, -0.15) is 0 Å². The molecule has 0 aromatic carbocycles. The van der Waals surface area contributed by atoms with E-state index in [1.165, 1.54) is 0 Å². The van der Waals surface area contributed by atoms with E-state index in [1.54, 1.807) is 6.92 Å². The van der Waals surface area contributed by atoms with E-state index in [1.807, 2.05) is 13.0 Å². The van der Waals surface area contributed by atoms with Gasteiger partial charge in [-0.1, -0.05) is 13.0 Å². The number of likely N-dealkylation sites (N-methyl/N-ethyl adjacent to an activating group) is 1. The van der Waals surface area contributed by atoms with Crippen molar-refractivity contribution in [2.45, 2.75) is 32.4 Å². The number of aliphatic hydroxyl groups is 1. The summed E-state index contributed by atoms with van der Waals surface area (Å²) in [6, 6.07) is 0.124. The standard InChI is InChI=1S/C11H19NO2/c1-4-10-9(7-13)6-11(8(3)14)12(10)5-2/h4,9-11,13H,1,5-7H2,2-3H3/t9-,10-,11+/m0/s1. The van der Waals surface area contributed by atoms with E-state index in [-0.39, 0.29) is 30.4 Å². The maximum atomic E-state index is 11.4. The molecule has 1 aliphatic heterocycles. The molecular formula is C11H19NO2. The molecule has 0 amide bonds. The largest absolute Gasteiger partial charge is 0.396 e. The first-order valence-corrected chi connectivity index (χ1v) is 5.15. The van der Waals surface area contributed by atoms with E-state index >= 15 is 0 Å². The zero-order valence-corrected chi connectivity index (χ0v) is 8.94. The highest BCUT2D eigenvalue weighted by atomic mass is 16.3. The molecule has 1 N–H and O–H groups in total. The maximum Gasteiger partial charge on any atom is 0.146 e. The van der Waals surface area contributed by atoms with Crippen LogP contribution >= 0.6 is 0 Å². The summed E-state index contributed by atoms with van der Waals surface area (Å²) in [6.07, 6.45) is 2.60. The minimum absolute atomic E-state index is 0.0276. The number of hydrogen-bond acceptors (Lipinski definition) is 3. The van der Waals surface area contributed by atoms with Crippen molar-refractivity contribution < 1.29 is 9.90 Å². The number of aliphatic hydroxyl groups excluding tert-OH is 1. The summed E-state index contributed by atoms with van der Waals surface area (Å²) in [5.74, 6) is 0.357. The Morgan fingerprint density at radius 3 is 2.71 bits per heavy atom. The Hall–Kier alpha value is -0.670. The predicted octanol–water partition coefficient (Wildman–Crippen LogP) is 0.833. The van der Waals surface area contributed by atoms with Gasteiger partial charge in [0, 0.05) is 18.6 Å². The zero-order valence-electron chi connectivity index (χ0n) is 8.94. The molecule has 3 nitrogen and oxygen atoms in total. The normalized spacial score (nSPS) is 33.2. The van der Waals surface area contributed by atoms with Crippen LogP contribution in [0.4, 0.5) is 0 Å². The Balaban J connectivity index is 2.83. The van der Waals surface area contributed by atoms with Crippen LogP contribution in [0, 0.1) is 5.92 Å². The molecule has 0 aromatic rings. The Kier molecular flexibility index (Phi) is 3.84. The molecule has 1 rings (SSSR count). The smallest absolute Gasteiger partial charge is 0.146 e. The van der Waals surface area contributed by atoms with Gasteiger partial charge in [0.25, 0.3) is 0 Å². The first-order chi connectivity index (χ1) is 6.65. The molecule has 1 saturated heterocycles. The average molecular weight is 197 g/mol. The fourth-order valence-electron chi connectivity index (χ4n) is 2.38. The number of nitrogens with zero attached hydrogens (tertiary/aromatic N) is 1. The van der Waals surface area contributed by atoms with Crippen LogP contribution < -0.4 is 0 Å². The lowest BCUT2D eigenvalue weighted by Crippen LogP contribution is -2.39. The fourth-order valence-corrected chi connectivity index (χ4v) is 2.38. The molecule has 3 atom stereocenters. The van der Waals surface area contributed by atoms with Crippen LogP contribution in [0.25, 0.3) is 0 Å². The van der Waals surface area contributed by atoms with Gasteiger partial charge in [-0.05, 0) is 19.9 Å². The molecule has 1 aliphatic rings. The minimum Gasteiger partial charge on any atom is -0.396 e. The highest BCUT2D eigenvalue weighted by molar-refractivity contribution is 5.82. The van der Waals surface area contributed by atoms with Crippen molar-refractivity contribution in [2.75, 3.05) is 13.2 Å². The van der Waals surface area contributed by atoms with Crippen LogP contribution in [0.3, 0.4) is 0 Å². The van der Waals surface area contributed by atoms with Gasteiger partial charge >= 0.3 is 0 Å². The zero-order chi connectivity index (χ0) is 10.7. The van der Waals surface area contributed by atoms with Crippen LogP contribution in [0.5, 0.6) is 0 Å². The third-order valence-corrected chi connectivity index (χ3v) is 3.10. The summed E-state index contributed by atoms with van der Waals surface area (Å²) < 4.78 is 0.